The van der Waals surface area contributed by atoms with Gasteiger partial charge in [0.15, 0.2) is 6.29 Å². The highest BCUT2D eigenvalue weighted by atomic mass is 16.7. The molecule has 0 radical (unpaired) electrons. The van der Waals surface area contributed by atoms with Gasteiger partial charge in [-0.25, -0.2) is 0 Å². The lowest BCUT2D eigenvalue weighted by molar-refractivity contribution is -0.185. The topological polar surface area (TPSA) is 51.2 Å². The summed E-state index contributed by atoms with van der Waals surface area (Å²) in [4.78, 5) is 2.34. The van der Waals surface area contributed by atoms with Crippen LogP contribution in [0, 0.1) is 0 Å². The van der Waals surface area contributed by atoms with Crippen molar-refractivity contribution in [3.63, 3.8) is 0 Å². The van der Waals surface area contributed by atoms with E-state index in [4.69, 9.17) is 19.3 Å². The third kappa shape index (κ3) is 3.89. The SMILES string of the molecule is CC1COC(CO)CN1CCC1OCCCO1. The van der Waals surface area contributed by atoms with E-state index in [1.165, 1.54) is 0 Å². The Morgan fingerprint density at radius 1 is 1.24 bits per heavy atom. The van der Waals surface area contributed by atoms with Gasteiger partial charge in [0.2, 0.25) is 0 Å². The van der Waals surface area contributed by atoms with Crippen molar-refractivity contribution in [2.75, 3.05) is 39.5 Å². The summed E-state index contributed by atoms with van der Waals surface area (Å²) in [5.74, 6) is 0. The summed E-state index contributed by atoms with van der Waals surface area (Å²) in [7, 11) is 0. The molecule has 0 aromatic heterocycles. The van der Waals surface area contributed by atoms with Gasteiger partial charge in [0.25, 0.3) is 0 Å². The van der Waals surface area contributed by atoms with Crippen molar-refractivity contribution in [2.45, 2.75) is 38.2 Å². The predicted molar refractivity (Wildman–Crippen MR) is 62.8 cm³/mol. The maximum Gasteiger partial charge on any atom is 0.158 e. The van der Waals surface area contributed by atoms with E-state index in [0.29, 0.717) is 12.6 Å². The van der Waals surface area contributed by atoms with Crippen LogP contribution in [0.5, 0.6) is 0 Å². The number of hydrogen-bond acceptors (Lipinski definition) is 5. The Bertz CT molecular complexity index is 221. The van der Waals surface area contributed by atoms with Crippen LogP contribution >= 0.6 is 0 Å². The van der Waals surface area contributed by atoms with Crippen molar-refractivity contribution in [2.24, 2.45) is 0 Å². The fourth-order valence-corrected chi connectivity index (χ4v) is 2.27. The monoisotopic (exact) mass is 245 g/mol. The summed E-state index contributed by atoms with van der Waals surface area (Å²) in [6.45, 7) is 6.29. The standard InChI is InChI=1S/C12H23NO4/c1-10-9-17-11(8-14)7-13(10)4-3-12-15-5-2-6-16-12/h10-12,14H,2-9H2,1H3. The van der Waals surface area contributed by atoms with E-state index in [1.807, 2.05) is 0 Å². The zero-order valence-corrected chi connectivity index (χ0v) is 10.5. The third-order valence-electron chi connectivity index (χ3n) is 3.39. The number of hydrogen-bond donors (Lipinski definition) is 1. The molecule has 2 heterocycles. The highest BCUT2D eigenvalue weighted by Gasteiger charge is 2.26. The fraction of sp³-hybridized carbons (Fsp3) is 1.00. The number of ether oxygens (including phenoxy) is 3. The molecule has 0 aromatic carbocycles. The molecule has 0 aromatic rings. The lowest BCUT2D eigenvalue weighted by atomic mass is 10.2. The molecule has 0 spiro atoms. The fourth-order valence-electron chi connectivity index (χ4n) is 2.27. The van der Waals surface area contributed by atoms with E-state index in [9.17, 15) is 0 Å². The number of nitrogens with zero attached hydrogens (tertiary/aromatic N) is 1. The molecule has 2 unspecified atom stereocenters. The Morgan fingerprint density at radius 2 is 2.00 bits per heavy atom. The van der Waals surface area contributed by atoms with Gasteiger partial charge in [-0.05, 0) is 13.3 Å². The lowest BCUT2D eigenvalue weighted by Gasteiger charge is -2.38. The van der Waals surface area contributed by atoms with Gasteiger partial charge in [0, 0.05) is 25.6 Å². The Balaban J connectivity index is 1.72. The lowest BCUT2D eigenvalue weighted by Crippen LogP contribution is -2.50. The molecule has 2 atom stereocenters. The van der Waals surface area contributed by atoms with Crippen molar-refractivity contribution in [1.82, 2.24) is 4.90 Å². The summed E-state index contributed by atoms with van der Waals surface area (Å²) in [5, 5.41) is 9.11. The molecule has 2 fully saturated rings. The summed E-state index contributed by atoms with van der Waals surface area (Å²) in [6, 6.07) is 0.404. The first-order valence-electron chi connectivity index (χ1n) is 6.49. The Morgan fingerprint density at radius 3 is 2.71 bits per heavy atom. The summed E-state index contributed by atoms with van der Waals surface area (Å²) in [5.41, 5.74) is 0. The van der Waals surface area contributed by atoms with Crippen molar-refractivity contribution in [3.05, 3.63) is 0 Å². The van der Waals surface area contributed by atoms with Crippen LogP contribution in [0.25, 0.3) is 0 Å². The van der Waals surface area contributed by atoms with Crippen LogP contribution in [0.1, 0.15) is 19.8 Å². The smallest absolute Gasteiger partial charge is 0.158 e. The molecule has 5 heteroatoms. The van der Waals surface area contributed by atoms with E-state index in [1.54, 1.807) is 0 Å². The maximum atomic E-state index is 9.11. The molecule has 17 heavy (non-hydrogen) atoms. The van der Waals surface area contributed by atoms with E-state index in [0.717, 1.165) is 39.1 Å². The van der Waals surface area contributed by atoms with Gasteiger partial charge in [-0.1, -0.05) is 0 Å². The zero-order chi connectivity index (χ0) is 12.1. The van der Waals surface area contributed by atoms with Gasteiger partial charge >= 0.3 is 0 Å². The molecule has 0 saturated carbocycles. The first kappa shape index (κ1) is 13.2. The second-order valence-electron chi connectivity index (χ2n) is 4.80. The first-order chi connectivity index (χ1) is 8.29. The van der Waals surface area contributed by atoms with E-state index >= 15 is 0 Å². The Labute approximate surface area is 103 Å². The van der Waals surface area contributed by atoms with Crippen LogP contribution < -0.4 is 0 Å². The third-order valence-corrected chi connectivity index (χ3v) is 3.39. The van der Waals surface area contributed by atoms with Crippen LogP contribution in [0.2, 0.25) is 0 Å². The quantitative estimate of drug-likeness (QED) is 0.768. The summed E-state index contributed by atoms with van der Waals surface area (Å²) in [6.07, 6.45) is 1.80. The highest BCUT2D eigenvalue weighted by molar-refractivity contribution is 4.77. The van der Waals surface area contributed by atoms with Crippen LogP contribution in [-0.4, -0.2) is 68.0 Å². The van der Waals surface area contributed by atoms with E-state index < -0.39 is 0 Å². The zero-order valence-electron chi connectivity index (χ0n) is 10.5. The van der Waals surface area contributed by atoms with E-state index in [-0.39, 0.29) is 19.0 Å². The van der Waals surface area contributed by atoms with Gasteiger partial charge in [0.1, 0.15) is 0 Å². The van der Waals surface area contributed by atoms with Gasteiger partial charge < -0.3 is 19.3 Å². The molecular formula is C12H23NO4. The van der Waals surface area contributed by atoms with Crippen LogP contribution in [0.4, 0.5) is 0 Å². The van der Waals surface area contributed by atoms with Crippen LogP contribution in [0.15, 0.2) is 0 Å². The van der Waals surface area contributed by atoms with Crippen LogP contribution in [0.3, 0.4) is 0 Å². The van der Waals surface area contributed by atoms with Gasteiger partial charge in [0.05, 0.1) is 32.5 Å². The second kappa shape index (κ2) is 6.66. The predicted octanol–water partition coefficient (Wildman–Crippen LogP) is 0.221. The minimum atomic E-state index is -0.0497. The summed E-state index contributed by atoms with van der Waals surface area (Å²) >= 11 is 0. The van der Waals surface area contributed by atoms with Crippen molar-refractivity contribution in [1.29, 1.82) is 0 Å². The Kier molecular flexibility index (Phi) is 5.18. The number of aliphatic hydroxyl groups excluding tert-OH is 1. The Hall–Kier alpha value is -0.200. The number of morpholine rings is 1. The van der Waals surface area contributed by atoms with Crippen molar-refractivity contribution >= 4 is 0 Å². The molecule has 0 amide bonds. The normalized spacial score (nSPS) is 32.8. The van der Waals surface area contributed by atoms with Crippen molar-refractivity contribution < 1.29 is 19.3 Å². The first-order valence-corrected chi connectivity index (χ1v) is 6.49. The van der Waals surface area contributed by atoms with Gasteiger partial charge in [-0.2, -0.15) is 0 Å². The molecule has 2 aliphatic heterocycles. The van der Waals surface area contributed by atoms with E-state index in [2.05, 4.69) is 11.8 Å². The molecule has 2 saturated heterocycles. The van der Waals surface area contributed by atoms with Gasteiger partial charge in [-0.3, -0.25) is 4.90 Å². The molecule has 100 valence electrons. The molecular weight excluding hydrogens is 222 g/mol. The van der Waals surface area contributed by atoms with Gasteiger partial charge in [-0.15, -0.1) is 0 Å². The molecule has 0 aliphatic carbocycles. The van der Waals surface area contributed by atoms with Crippen LogP contribution in [-0.2, 0) is 14.2 Å². The molecule has 2 aliphatic rings. The maximum absolute atomic E-state index is 9.11. The average Bonchev–Trinajstić information content (AvgIpc) is 2.39. The highest BCUT2D eigenvalue weighted by Crippen LogP contribution is 2.15. The molecule has 5 nitrogen and oxygen atoms in total. The molecule has 1 N–H and O–H groups in total. The molecule has 0 bridgehead atoms. The largest absolute Gasteiger partial charge is 0.394 e. The average molecular weight is 245 g/mol. The molecule has 2 rings (SSSR count). The minimum absolute atomic E-state index is 0.0422. The number of rotatable bonds is 4. The second-order valence-corrected chi connectivity index (χ2v) is 4.80. The summed E-state index contributed by atoms with van der Waals surface area (Å²) < 4.78 is 16.6. The minimum Gasteiger partial charge on any atom is -0.394 e. The van der Waals surface area contributed by atoms with Crippen molar-refractivity contribution in [3.8, 4) is 0 Å². The number of aliphatic hydroxyl groups is 1.